The first-order valence-corrected chi connectivity index (χ1v) is 19.3. The predicted octanol–water partition coefficient (Wildman–Crippen LogP) is 4.63. The average Bonchev–Trinajstić information content (AvgIpc) is 2.95. The van der Waals surface area contributed by atoms with Gasteiger partial charge in [-0.2, -0.15) is 16.8 Å². The minimum absolute atomic E-state index is 0.0681. The van der Waals surface area contributed by atoms with E-state index in [1.165, 1.54) is 51.4 Å². The SMILES string of the molecule is CCCCCCC(C)OCCOCCOCCO.CCCCCCC(C)OCCOCCOCCOS(=O)(=O)O.O=S(=O)(O)Cl. The molecule has 0 saturated heterocycles. The zero-order chi connectivity index (χ0) is 34.7. The Balaban J connectivity index is -0.000000690. The standard InChI is InChI=1S/C14H30O7S.C14H30O4.ClHO3S/c1-3-4-5-6-7-14(2)20-12-10-18-8-9-19-11-13-21-22(15,16)17;1-3-4-5-6-7-14(2)18-13-12-17-11-10-16-9-8-15;1-5(2,3)4/h14H,3-13H2,1-2H3,(H,15,16,17);14-15H,3-13H2,1-2H3;(H,2,3,4). The molecule has 0 spiro atoms. The van der Waals surface area contributed by atoms with Gasteiger partial charge in [0.15, 0.2) is 0 Å². The van der Waals surface area contributed by atoms with Crippen molar-refractivity contribution >= 4 is 30.4 Å². The summed E-state index contributed by atoms with van der Waals surface area (Å²) in [5.41, 5.74) is 0. The lowest BCUT2D eigenvalue weighted by atomic mass is 10.1. The zero-order valence-corrected chi connectivity index (χ0v) is 30.1. The van der Waals surface area contributed by atoms with Gasteiger partial charge in [-0.15, -0.1) is 0 Å². The summed E-state index contributed by atoms with van der Waals surface area (Å²) in [6.45, 7) is 13.1. The lowest BCUT2D eigenvalue weighted by Crippen LogP contribution is -2.15. The smallest absolute Gasteiger partial charge is 0.394 e. The number of halogens is 1. The van der Waals surface area contributed by atoms with Crippen LogP contribution < -0.4 is 0 Å². The van der Waals surface area contributed by atoms with Crippen molar-refractivity contribution in [3.05, 3.63) is 0 Å². The molecular formula is C28H61ClO14S2. The van der Waals surface area contributed by atoms with Crippen LogP contribution in [-0.2, 0) is 52.3 Å². The van der Waals surface area contributed by atoms with Crippen LogP contribution in [0.1, 0.15) is 91.9 Å². The maximum atomic E-state index is 10.2. The van der Waals surface area contributed by atoms with Crippen LogP contribution in [0.2, 0.25) is 0 Å². The summed E-state index contributed by atoms with van der Waals surface area (Å²) >= 11 is 0. The highest BCUT2D eigenvalue weighted by Crippen LogP contribution is 2.08. The molecule has 0 aliphatic rings. The van der Waals surface area contributed by atoms with Crippen LogP contribution in [0.4, 0.5) is 0 Å². The predicted molar refractivity (Wildman–Crippen MR) is 174 cm³/mol. The quantitative estimate of drug-likeness (QED) is 0.0528. The van der Waals surface area contributed by atoms with Crippen molar-refractivity contribution in [1.29, 1.82) is 0 Å². The van der Waals surface area contributed by atoms with Crippen LogP contribution in [0.25, 0.3) is 0 Å². The lowest BCUT2D eigenvalue weighted by Gasteiger charge is -2.13. The number of hydrogen-bond donors (Lipinski definition) is 3. The summed E-state index contributed by atoms with van der Waals surface area (Å²) in [7, 11) is -4.51. The molecule has 2 atom stereocenters. The zero-order valence-electron chi connectivity index (χ0n) is 27.7. The number of unbranched alkanes of at least 4 members (excludes halogenated alkanes) is 6. The van der Waals surface area contributed by atoms with Crippen LogP contribution in [-0.4, -0.2) is 123 Å². The van der Waals surface area contributed by atoms with E-state index in [-0.39, 0.29) is 25.9 Å². The summed E-state index contributed by atoms with van der Waals surface area (Å²) in [5, 5.41) is 8.49. The Bertz CT molecular complexity index is 780. The summed E-state index contributed by atoms with van der Waals surface area (Å²) in [6, 6.07) is 0. The van der Waals surface area contributed by atoms with Gasteiger partial charge in [-0.25, -0.2) is 4.18 Å². The average molecular weight is 721 g/mol. The van der Waals surface area contributed by atoms with Gasteiger partial charge in [-0.05, 0) is 26.7 Å². The molecule has 3 N–H and O–H groups in total. The molecular weight excluding hydrogens is 660 g/mol. The number of ether oxygens (including phenoxy) is 6. The maximum Gasteiger partial charge on any atom is 0.397 e. The maximum absolute atomic E-state index is 10.2. The van der Waals surface area contributed by atoms with Gasteiger partial charge in [0.2, 0.25) is 0 Å². The second-order valence-corrected chi connectivity index (χ2v) is 13.0. The molecule has 0 aromatic heterocycles. The van der Waals surface area contributed by atoms with E-state index in [9.17, 15) is 8.42 Å². The topological polar surface area (TPSA) is 194 Å². The van der Waals surface area contributed by atoms with Gasteiger partial charge >= 0.3 is 19.7 Å². The summed E-state index contributed by atoms with van der Waals surface area (Å²) < 4.78 is 90.1. The Hall–Kier alpha value is -0.210. The van der Waals surface area contributed by atoms with Crippen molar-refractivity contribution < 1.29 is 63.7 Å². The fraction of sp³-hybridized carbons (Fsp3) is 1.00. The Morgan fingerprint density at radius 1 is 0.556 bits per heavy atom. The van der Waals surface area contributed by atoms with Gasteiger partial charge in [0.1, 0.15) is 0 Å². The van der Waals surface area contributed by atoms with E-state index in [0.29, 0.717) is 65.6 Å². The number of hydrogen-bond acceptors (Lipinski definition) is 12. The number of aliphatic hydroxyl groups excluding tert-OH is 1. The fourth-order valence-electron chi connectivity index (χ4n) is 3.41. The lowest BCUT2D eigenvalue weighted by molar-refractivity contribution is -0.0121. The van der Waals surface area contributed by atoms with Gasteiger partial charge in [-0.1, -0.05) is 65.2 Å². The molecule has 14 nitrogen and oxygen atoms in total. The molecule has 0 aliphatic carbocycles. The van der Waals surface area contributed by atoms with Crippen molar-refractivity contribution in [3.63, 3.8) is 0 Å². The molecule has 0 aromatic carbocycles. The molecule has 0 aliphatic heterocycles. The third kappa shape index (κ3) is 59.7. The molecule has 0 bridgehead atoms. The third-order valence-electron chi connectivity index (χ3n) is 5.63. The van der Waals surface area contributed by atoms with Crippen molar-refractivity contribution in [3.8, 4) is 0 Å². The van der Waals surface area contributed by atoms with Gasteiger partial charge in [0.05, 0.1) is 91.5 Å². The van der Waals surface area contributed by atoms with Crippen LogP contribution in [0.3, 0.4) is 0 Å². The Kier molecular flexibility index (Phi) is 40.0. The highest BCUT2D eigenvalue weighted by molar-refractivity contribution is 8.09. The first-order valence-electron chi connectivity index (χ1n) is 15.7. The summed E-state index contributed by atoms with van der Waals surface area (Å²) in [4.78, 5) is 0. The van der Waals surface area contributed by atoms with Gasteiger partial charge in [-0.3, -0.25) is 9.11 Å². The fourth-order valence-corrected chi connectivity index (χ4v) is 3.69. The Labute approximate surface area is 276 Å². The molecule has 0 rings (SSSR count). The monoisotopic (exact) mass is 720 g/mol. The highest BCUT2D eigenvalue weighted by Gasteiger charge is 2.04. The van der Waals surface area contributed by atoms with Crippen molar-refractivity contribution in [1.82, 2.24) is 0 Å². The molecule has 0 aromatic rings. The van der Waals surface area contributed by atoms with Crippen LogP contribution in [0.5, 0.6) is 0 Å². The summed E-state index contributed by atoms with van der Waals surface area (Å²) in [6.07, 6.45) is 13.0. The van der Waals surface area contributed by atoms with E-state index in [1.54, 1.807) is 0 Å². The number of aliphatic hydroxyl groups is 1. The van der Waals surface area contributed by atoms with E-state index in [1.807, 2.05) is 0 Å². The normalized spacial score (nSPS) is 13.0. The molecule has 17 heteroatoms. The first-order chi connectivity index (χ1) is 21.3. The van der Waals surface area contributed by atoms with Crippen molar-refractivity contribution in [2.45, 2.75) is 104 Å². The van der Waals surface area contributed by atoms with Gasteiger partial charge < -0.3 is 33.5 Å². The largest absolute Gasteiger partial charge is 0.397 e. The van der Waals surface area contributed by atoms with E-state index in [0.717, 1.165) is 12.8 Å². The summed E-state index contributed by atoms with van der Waals surface area (Å²) in [5.74, 6) is 0. The highest BCUT2D eigenvalue weighted by atomic mass is 35.7. The molecule has 0 saturated carbocycles. The Morgan fingerprint density at radius 3 is 1.22 bits per heavy atom. The van der Waals surface area contributed by atoms with Crippen LogP contribution in [0.15, 0.2) is 0 Å². The first kappa shape index (κ1) is 49.2. The molecule has 45 heavy (non-hydrogen) atoms. The molecule has 2 unspecified atom stereocenters. The number of rotatable bonds is 30. The van der Waals surface area contributed by atoms with Gasteiger partial charge in [0.25, 0.3) is 0 Å². The van der Waals surface area contributed by atoms with Crippen molar-refractivity contribution in [2.24, 2.45) is 0 Å². The second-order valence-electron chi connectivity index (χ2n) is 9.90. The molecule has 0 heterocycles. The van der Waals surface area contributed by atoms with E-state index in [4.69, 9.17) is 51.1 Å². The molecule has 276 valence electrons. The van der Waals surface area contributed by atoms with Crippen molar-refractivity contribution in [2.75, 3.05) is 79.3 Å². The van der Waals surface area contributed by atoms with Gasteiger partial charge in [0, 0.05) is 10.7 Å². The third-order valence-corrected chi connectivity index (χ3v) is 6.09. The van der Waals surface area contributed by atoms with Crippen LogP contribution in [0, 0.1) is 0 Å². The minimum Gasteiger partial charge on any atom is -0.394 e. The minimum atomic E-state index is -4.38. The second kappa shape index (κ2) is 36.6. The van der Waals surface area contributed by atoms with E-state index >= 15 is 0 Å². The molecule has 0 fully saturated rings. The molecule has 0 radical (unpaired) electrons. The van der Waals surface area contributed by atoms with E-state index in [2.05, 4.69) is 42.6 Å². The van der Waals surface area contributed by atoms with Crippen LogP contribution >= 0.6 is 10.7 Å². The molecule has 0 amide bonds. The Morgan fingerprint density at radius 2 is 0.889 bits per heavy atom. The van der Waals surface area contributed by atoms with E-state index < -0.39 is 19.7 Å².